The van der Waals surface area contributed by atoms with Crippen LogP contribution in [-0.2, 0) is 6.54 Å². The molecule has 0 bridgehead atoms. The van der Waals surface area contributed by atoms with Crippen LogP contribution in [-0.4, -0.2) is 19.2 Å². The summed E-state index contributed by atoms with van der Waals surface area (Å²) >= 11 is 3.43. The number of halogens is 1. The summed E-state index contributed by atoms with van der Waals surface area (Å²) in [5.41, 5.74) is 2.28. The Hall–Kier alpha value is -1.59. The van der Waals surface area contributed by atoms with Gasteiger partial charge in [-0.3, -0.25) is 4.98 Å². The average molecular weight is 351 g/mol. The van der Waals surface area contributed by atoms with Crippen molar-refractivity contribution in [2.45, 2.75) is 19.5 Å². The Kier molecular flexibility index (Phi) is 5.59. The molecule has 0 aliphatic heterocycles. The van der Waals surface area contributed by atoms with Crippen LogP contribution < -0.4 is 14.8 Å². The smallest absolute Gasteiger partial charge is 0.161 e. The molecule has 4 nitrogen and oxygen atoms in total. The first kappa shape index (κ1) is 15.8. The van der Waals surface area contributed by atoms with Crippen LogP contribution in [0.1, 0.15) is 24.1 Å². The summed E-state index contributed by atoms with van der Waals surface area (Å²) in [5.74, 6) is 1.48. The molecule has 2 aromatic rings. The van der Waals surface area contributed by atoms with Crippen LogP contribution in [0.2, 0.25) is 0 Å². The van der Waals surface area contributed by atoms with Crippen molar-refractivity contribution in [1.82, 2.24) is 10.3 Å². The van der Waals surface area contributed by atoms with Crippen LogP contribution in [0.25, 0.3) is 0 Å². The van der Waals surface area contributed by atoms with Gasteiger partial charge in [0.05, 0.1) is 14.2 Å². The fourth-order valence-corrected chi connectivity index (χ4v) is 2.48. The average Bonchev–Trinajstić information content (AvgIpc) is 2.52. The SMILES string of the molecule is COc1ccc(C(C)NCc2cncc(Br)c2)cc1OC. The van der Waals surface area contributed by atoms with Crippen molar-refractivity contribution in [3.8, 4) is 11.5 Å². The second-order valence-corrected chi connectivity index (χ2v) is 5.64. The maximum absolute atomic E-state index is 5.34. The zero-order valence-electron chi connectivity index (χ0n) is 12.4. The van der Waals surface area contributed by atoms with E-state index in [1.54, 1.807) is 20.4 Å². The Morgan fingerprint density at radius 2 is 1.90 bits per heavy atom. The first-order chi connectivity index (χ1) is 10.1. The van der Waals surface area contributed by atoms with E-state index in [0.29, 0.717) is 0 Å². The highest BCUT2D eigenvalue weighted by atomic mass is 79.9. The van der Waals surface area contributed by atoms with E-state index < -0.39 is 0 Å². The molecule has 0 radical (unpaired) electrons. The molecule has 0 aliphatic rings. The number of rotatable bonds is 6. The summed E-state index contributed by atoms with van der Waals surface area (Å²) in [7, 11) is 3.28. The molecule has 5 heteroatoms. The molecular weight excluding hydrogens is 332 g/mol. The number of aromatic nitrogens is 1. The lowest BCUT2D eigenvalue weighted by atomic mass is 10.1. The number of methoxy groups -OCH3 is 2. The third-order valence-corrected chi connectivity index (χ3v) is 3.72. The molecule has 1 N–H and O–H groups in total. The third kappa shape index (κ3) is 4.19. The van der Waals surface area contributed by atoms with E-state index in [-0.39, 0.29) is 6.04 Å². The van der Waals surface area contributed by atoms with Gasteiger partial charge in [0.1, 0.15) is 0 Å². The van der Waals surface area contributed by atoms with E-state index in [1.807, 2.05) is 24.4 Å². The van der Waals surface area contributed by atoms with Gasteiger partial charge in [0.2, 0.25) is 0 Å². The lowest BCUT2D eigenvalue weighted by Crippen LogP contribution is -2.18. The summed E-state index contributed by atoms with van der Waals surface area (Å²) in [4.78, 5) is 4.16. The van der Waals surface area contributed by atoms with Crippen LogP contribution in [0.5, 0.6) is 11.5 Å². The molecule has 0 saturated carbocycles. The van der Waals surface area contributed by atoms with Crippen LogP contribution >= 0.6 is 15.9 Å². The lowest BCUT2D eigenvalue weighted by Gasteiger charge is -2.16. The van der Waals surface area contributed by atoms with Gasteiger partial charge in [-0.05, 0) is 52.2 Å². The minimum absolute atomic E-state index is 0.198. The van der Waals surface area contributed by atoms with Gasteiger partial charge in [0.25, 0.3) is 0 Å². The molecule has 0 saturated heterocycles. The molecule has 1 aromatic carbocycles. The normalized spacial score (nSPS) is 12.0. The molecule has 1 atom stereocenters. The van der Waals surface area contributed by atoms with Crippen molar-refractivity contribution in [3.05, 3.63) is 52.3 Å². The molecule has 0 amide bonds. The summed E-state index contributed by atoms with van der Waals surface area (Å²) in [5, 5.41) is 3.47. The Morgan fingerprint density at radius 3 is 2.57 bits per heavy atom. The Morgan fingerprint density at radius 1 is 1.14 bits per heavy atom. The molecule has 21 heavy (non-hydrogen) atoms. The zero-order chi connectivity index (χ0) is 15.2. The monoisotopic (exact) mass is 350 g/mol. The number of nitrogens with zero attached hydrogens (tertiary/aromatic N) is 1. The van der Waals surface area contributed by atoms with Crippen molar-refractivity contribution in [3.63, 3.8) is 0 Å². The van der Waals surface area contributed by atoms with Crippen LogP contribution in [0.15, 0.2) is 41.1 Å². The standard InChI is InChI=1S/C16H19BrN2O2/c1-11(19-9-12-6-14(17)10-18-8-12)13-4-5-15(20-2)16(7-13)21-3/h4-8,10-11,19H,9H2,1-3H3. The van der Waals surface area contributed by atoms with E-state index in [0.717, 1.165) is 33.6 Å². The van der Waals surface area contributed by atoms with Gasteiger partial charge in [0.15, 0.2) is 11.5 Å². The van der Waals surface area contributed by atoms with Crippen molar-refractivity contribution in [2.24, 2.45) is 0 Å². The lowest BCUT2D eigenvalue weighted by molar-refractivity contribution is 0.354. The number of hydrogen-bond acceptors (Lipinski definition) is 4. The van der Waals surface area contributed by atoms with Gasteiger partial charge in [-0.15, -0.1) is 0 Å². The molecule has 112 valence electrons. The van der Waals surface area contributed by atoms with Gasteiger partial charge in [-0.1, -0.05) is 6.07 Å². The summed E-state index contributed by atoms with van der Waals surface area (Å²) in [6.07, 6.45) is 3.64. The summed E-state index contributed by atoms with van der Waals surface area (Å²) in [6.45, 7) is 2.87. The Balaban J connectivity index is 2.04. The number of nitrogens with one attached hydrogen (secondary N) is 1. The number of benzene rings is 1. The minimum Gasteiger partial charge on any atom is -0.493 e. The van der Waals surface area contributed by atoms with Crippen LogP contribution in [0, 0.1) is 0 Å². The Bertz CT molecular complexity index is 605. The van der Waals surface area contributed by atoms with Crippen molar-refractivity contribution >= 4 is 15.9 Å². The van der Waals surface area contributed by atoms with Gasteiger partial charge < -0.3 is 14.8 Å². The zero-order valence-corrected chi connectivity index (χ0v) is 14.0. The largest absolute Gasteiger partial charge is 0.493 e. The van der Waals surface area contributed by atoms with Crippen LogP contribution in [0.4, 0.5) is 0 Å². The molecule has 0 fully saturated rings. The van der Waals surface area contributed by atoms with E-state index in [1.165, 1.54) is 0 Å². The van der Waals surface area contributed by atoms with Gasteiger partial charge in [-0.2, -0.15) is 0 Å². The quantitative estimate of drug-likeness (QED) is 0.862. The number of ether oxygens (including phenoxy) is 2. The predicted octanol–water partition coefficient (Wildman–Crippen LogP) is 3.71. The maximum atomic E-state index is 5.34. The molecule has 0 aliphatic carbocycles. The first-order valence-corrected chi connectivity index (χ1v) is 7.48. The highest BCUT2D eigenvalue weighted by Gasteiger charge is 2.10. The molecule has 1 heterocycles. The fraction of sp³-hybridized carbons (Fsp3) is 0.312. The highest BCUT2D eigenvalue weighted by Crippen LogP contribution is 2.29. The number of hydrogen-bond donors (Lipinski definition) is 1. The maximum Gasteiger partial charge on any atom is 0.161 e. The molecule has 0 spiro atoms. The van der Waals surface area contributed by atoms with Crippen molar-refractivity contribution in [1.29, 1.82) is 0 Å². The second-order valence-electron chi connectivity index (χ2n) is 4.73. The van der Waals surface area contributed by atoms with Gasteiger partial charge in [0, 0.05) is 29.5 Å². The van der Waals surface area contributed by atoms with E-state index in [4.69, 9.17) is 9.47 Å². The van der Waals surface area contributed by atoms with Crippen LogP contribution in [0.3, 0.4) is 0 Å². The first-order valence-electron chi connectivity index (χ1n) is 6.68. The summed E-state index contributed by atoms with van der Waals surface area (Å²) < 4.78 is 11.6. The van der Waals surface area contributed by atoms with E-state index in [2.05, 4.69) is 39.2 Å². The number of pyridine rings is 1. The second kappa shape index (κ2) is 7.43. The third-order valence-electron chi connectivity index (χ3n) is 3.28. The topological polar surface area (TPSA) is 43.4 Å². The molecule has 1 aromatic heterocycles. The van der Waals surface area contributed by atoms with E-state index in [9.17, 15) is 0 Å². The van der Waals surface area contributed by atoms with Crippen molar-refractivity contribution < 1.29 is 9.47 Å². The molecule has 1 unspecified atom stereocenters. The fourth-order valence-electron chi connectivity index (χ4n) is 2.06. The predicted molar refractivity (Wildman–Crippen MR) is 86.7 cm³/mol. The van der Waals surface area contributed by atoms with Crippen molar-refractivity contribution in [2.75, 3.05) is 14.2 Å². The van der Waals surface area contributed by atoms with E-state index >= 15 is 0 Å². The van der Waals surface area contributed by atoms with Gasteiger partial charge in [-0.25, -0.2) is 0 Å². The molecular formula is C16H19BrN2O2. The summed E-state index contributed by atoms with van der Waals surface area (Å²) in [6, 6.07) is 8.21. The van der Waals surface area contributed by atoms with Gasteiger partial charge >= 0.3 is 0 Å². The minimum atomic E-state index is 0.198. The molecule has 2 rings (SSSR count). The highest BCUT2D eigenvalue weighted by molar-refractivity contribution is 9.10. The Labute approximate surface area is 133 Å².